The third kappa shape index (κ3) is 212. The predicted molar refractivity (Wildman–Crippen MR) is 136 cm³/mol. The first-order valence-corrected chi connectivity index (χ1v) is 10.3. The smallest absolute Gasteiger partial charge is 0.300 e. The Morgan fingerprint density at radius 2 is 0.659 bits per heavy atom. The van der Waals surface area contributed by atoms with Crippen molar-refractivity contribution in [1.82, 2.24) is 5.43 Å². The van der Waals surface area contributed by atoms with E-state index in [1.54, 1.807) is 0 Å². The summed E-state index contributed by atoms with van der Waals surface area (Å²) in [6, 6.07) is -0.948. The molecule has 0 amide bonds. The van der Waals surface area contributed by atoms with Crippen molar-refractivity contribution in [2.45, 2.75) is 72.8 Å². The first kappa shape index (κ1) is 57.0. The topological polar surface area (TPSA) is 400 Å². The number of hydrogen-bond acceptors (Lipinski definition) is 14. The molecule has 0 bridgehead atoms. The number of carboxylic acid groups (broad SMARTS) is 7. The van der Waals surface area contributed by atoms with E-state index in [4.69, 9.17) is 95.6 Å². The normalized spacial score (nSPS) is 10.9. The summed E-state index contributed by atoms with van der Waals surface area (Å²) < 4.78 is 0. The van der Waals surface area contributed by atoms with Gasteiger partial charge in [-0.1, -0.05) is 0 Å². The molecule has 0 unspecified atom stereocenters. The highest BCUT2D eigenvalue weighted by Gasteiger charge is 2.29. The number of carboxylic acids is 7. The number of aliphatic carboxylic acids is 7. The molecule has 0 saturated carbocycles. The quantitative estimate of drug-likeness (QED) is 0.102. The zero-order chi connectivity index (χ0) is 35.5. The van der Waals surface area contributed by atoms with E-state index < -0.39 is 79.4 Å². The van der Waals surface area contributed by atoms with Gasteiger partial charge in [-0.3, -0.25) is 44.8 Å². The number of carbonyl (C=O) groups is 7. The van der Waals surface area contributed by atoms with Gasteiger partial charge in [0.05, 0.1) is 19.3 Å². The lowest BCUT2D eigenvalue weighted by atomic mass is 10.0. The zero-order valence-corrected chi connectivity index (χ0v) is 23.5. The monoisotopic (exact) mass is 616 g/mol. The van der Waals surface area contributed by atoms with E-state index in [0.29, 0.717) is 0 Å². The molecular formula is C20H44N2O19. The standard InChI is InChI=1S/C6H16N2O5.7C2H4O2/c7-8-3(1-9)5(12)6(13)4(11)2-10;7*1-2(3)4/h3-6,8-13H,1-2,7H2;7*1H3,(H,3,4)/t3-,4+,5+,6-;;;;;;;/m0......./s1. The summed E-state index contributed by atoms with van der Waals surface area (Å²) in [5.41, 5.74) is 2.06. The average Bonchev–Trinajstić information content (AvgIpc) is 2.70. The fraction of sp³-hybridized carbons (Fsp3) is 0.650. The Kier molecular flexibility index (Phi) is 59.9. The van der Waals surface area contributed by atoms with Gasteiger partial charge in [0.2, 0.25) is 0 Å². The molecule has 0 aliphatic rings. The number of aliphatic hydroxyl groups excluding tert-OH is 5. The summed E-state index contributed by atoms with van der Waals surface area (Å²) >= 11 is 0. The third-order valence-corrected chi connectivity index (χ3v) is 1.75. The Morgan fingerprint density at radius 1 is 0.488 bits per heavy atom. The van der Waals surface area contributed by atoms with E-state index in [0.717, 1.165) is 48.5 Å². The largest absolute Gasteiger partial charge is 0.481 e. The number of aliphatic hydroxyl groups is 5. The second kappa shape index (κ2) is 43.1. The lowest BCUT2D eigenvalue weighted by molar-refractivity contribution is -0.135. The van der Waals surface area contributed by atoms with E-state index in [1.807, 2.05) is 0 Å². The summed E-state index contributed by atoms with van der Waals surface area (Å²) in [5.74, 6) is -0.895. The number of nitrogens with two attached hydrogens (primary N) is 1. The third-order valence-electron chi connectivity index (χ3n) is 1.75. The first-order chi connectivity index (χ1) is 18.2. The summed E-state index contributed by atoms with van der Waals surface area (Å²) in [6.45, 7) is 6.41. The molecule has 0 saturated heterocycles. The Labute approximate surface area is 234 Å². The predicted octanol–water partition coefficient (Wildman–Crippen LogP) is -3.48. The van der Waals surface area contributed by atoms with Gasteiger partial charge in [-0.05, 0) is 0 Å². The second-order valence-corrected chi connectivity index (χ2v) is 6.32. The molecule has 21 heteroatoms. The fourth-order valence-corrected chi connectivity index (χ4v) is 0.833. The Morgan fingerprint density at radius 3 is 0.756 bits per heavy atom. The van der Waals surface area contributed by atoms with Crippen molar-refractivity contribution in [3.05, 3.63) is 0 Å². The van der Waals surface area contributed by atoms with Crippen molar-refractivity contribution in [3.8, 4) is 0 Å². The van der Waals surface area contributed by atoms with Gasteiger partial charge < -0.3 is 61.3 Å². The minimum atomic E-state index is -1.56. The van der Waals surface area contributed by atoms with Crippen molar-refractivity contribution in [1.29, 1.82) is 0 Å². The maximum Gasteiger partial charge on any atom is 0.300 e. The molecule has 21 nitrogen and oxygen atoms in total. The van der Waals surface area contributed by atoms with Gasteiger partial charge in [-0.25, -0.2) is 0 Å². The highest BCUT2D eigenvalue weighted by molar-refractivity contribution is 5.64. The van der Waals surface area contributed by atoms with Gasteiger partial charge in [0, 0.05) is 48.5 Å². The zero-order valence-electron chi connectivity index (χ0n) is 23.5. The van der Waals surface area contributed by atoms with Crippen LogP contribution in [-0.4, -0.2) is 141 Å². The number of nitrogens with one attached hydrogen (secondary N) is 1. The van der Waals surface area contributed by atoms with E-state index >= 15 is 0 Å². The van der Waals surface area contributed by atoms with Gasteiger partial charge >= 0.3 is 0 Å². The molecule has 15 N–H and O–H groups in total. The molecule has 0 spiro atoms. The highest BCUT2D eigenvalue weighted by atomic mass is 16.4. The molecule has 0 radical (unpaired) electrons. The maximum absolute atomic E-state index is 9.26. The Hall–Kier alpha value is -3.99. The van der Waals surface area contributed by atoms with Crippen LogP contribution >= 0.6 is 0 Å². The molecule has 0 aliphatic carbocycles. The summed E-state index contributed by atoms with van der Waals surface area (Å²) in [5, 5.41) is 96.3. The van der Waals surface area contributed by atoms with Crippen LogP contribution in [0.4, 0.5) is 0 Å². The first-order valence-electron chi connectivity index (χ1n) is 10.3. The van der Waals surface area contributed by atoms with E-state index in [9.17, 15) is 5.11 Å². The lowest BCUT2D eigenvalue weighted by Gasteiger charge is -2.26. The summed E-state index contributed by atoms with van der Waals surface area (Å²) in [7, 11) is 0. The van der Waals surface area contributed by atoms with Crippen molar-refractivity contribution in [2.75, 3.05) is 13.2 Å². The average molecular weight is 617 g/mol. The second-order valence-electron chi connectivity index (χ2n) is 6.32. The lowest BCUT2D eigenvalue weighted by Crippen LogP contribution is -2.54. The minimum Gasteiger partial charge on any atom is -0.481 e. The van der Waals surface area contributed by atoms with Crippen LogP contribution in [0.15, 0.2) is 0 Å². The van der Waals surface area contributed by atoms with Crippen LogP contribution in [0.2, 0.25) is 0 Å². The van der Waals surface area contributed by atoms with Crippen LogP contribution < -0.4 is 11.3 Å². The molecule has 0 aliphatic heterocycles. The number of hydrogen-bond donors (Lipinski definition) is 14. The molecule has 41 heavy (non-hydrogen) atoms. The Balaban J connectivity index is -0.0000000548. The fourth-order valence-electron chi connectivity index (χ4n) is 0.833. The van der Waals surface area contributed by atoms with E-state index in [-0.39, 0.29) is 0 Å². The van der Waals surface area contributed by atoms with Gasteiger partial charge in [0.15, 0.2) is 0 Å². The van der Waals surface area contributed by atoms with Crippen LogP contribution in [0.5, 0.6) is 0 Å². The molecule has 0 rings (SSSR count). The van der Waals surface area contributed by atoms with Crippen molar-refractivity contribution < 1.29 is 94.8 Å². The molecule has 0 fully saturated rings. The van der Waals surface area contributed by atoms with Crippen LogP contribution in [-0.2, 0) is 33.6 Å². The molecular weight excluding hydrogens is 572 g/mol. The van der Waals surface area contributed by atoms with Crippen LogP contribution in [0, 0.1) is 0 Å². The van der Waals surface area contributed by atoms with E-state index in [1.165, 1.54) is 0 Å². The molecule has 0 aromatic carbocycles. The van der Waals surface area contributed by atoms with Gasteiger partial charge in [0.1, 0.15) is 18.3 Å². The van der Waals surface area contributed by atoms with Crippen molar-refractivity contribution in [3.63, 3.8) is 0 Å². The highest BCUT2D eigenvalue weighted by Crippen LogP contribution is 2.03. The molecule has 0 aromatic heterocycles. The SMILES string of the molecule is CC(=O)O.CC(=O)O.CC(=O)O.CC(=O)O.CC(=O)O.CC(=O)O.CC(=O)O.NN[C@@H](CO)[C@@H](O)[C@@H](O)[C@H](O)CO. The van der Waals surface area contributed by atoms with E-state index in [2.05, 4.69) is 5.43 Å². The molecule has 0 heterocycles. The Bertz CT molecular complexity index is 538. The van der Waals surface area contributed by atoms with Crippen LogP contribution in [0.1, 0.15) is 48.5 Å². The van der Waals surface area contributed by atoms with Crippen molar-refractivity contribution >= 4 is 41.8 Å². The molecule has 4 atom stereocenters. The van der Waals surface area contributed by atoms with Crippen LogP contribution in [0.3, 0.4) is 0 Å². The number of hydrazine groups is 1. The van der Waals surface area contributed by atoms with Crippen molar-refractivity contribution in [2.24, 2.45) is 5.84 Å². The summed E-state index contributed by atoms with van der Waals surface area (Å²) in [6.07, 6.45) is -4.47. The van der Waals surface area contributed by atoms with Crippen LogP contribution in [0.25, 0.3) is 0 Å². The summed E-state index contributed by atoms with van der Waals surface area (Å²) in [4.78, 5) is 63.0. The number of rotatable bonds is 6. The minimum absolute atomic E-state index is 0.493. The van der Waals surface area contributed by atoms with Gasteiger partial charge in [-0.2, -0.15) is 0 Å². The molecule has 248 valence electrons. The van der Waals surface area contributed by atoms with Gasteiger partial charge in [-0.15, -0.1) is 0 Å². The van der Waals surface area contributed by atoms with Gasteiger partial charge in [0.25, 0.3) is 41.8 Å². The maximum atomic E-state index is 9.26. The molecule has 0 aromatic rings.